The molecule has 1 fully saturated rings. The maximum absolute atomic E-state index is 11.2. The zero-order valence-electron chi connectivity index (χ0n) is 8.20. The number of aliphatic hydroxyl groups is 4. The highest BCUT2D eigenvalue weighted by Gasteiger charge is 2.55. The van der Waals surface area contributed by atoms with E-state index in [4.69, 9.17) is 15.6 Å². The van der Waals surface area contributed by atoms with Crippen LogP contribution in [0.1, 0.15) is 6.92 Å². The van der Waals surface area contributed by atoms with Gasteiger partial charge < -0.3 is 30.9 Å². The van der Waals surface area contributed by atoms with E-state index in [-0.39, 0.29) is 0 Å². The molecule has 0 aromatic heterocycles. The molecule has 1 rings (SSSR count). The Labute approximate surface area is 86.1 Å². The Balaban J connectivity index is 2.98. The van der Waals surface area contributed by atoms with Crippen LogP contribution in [-0.4, -0.2) is 63.0 Å². The van der Waals surface area contributed by atoms with E-state index in [1.54, 1.807) is 0 Å². The van der Waals surface area contributed by atoms with E-state index in [2.05, 4.69) is 0 Å². The van der Waals surface area contributed by atoms with Gasteiger partial charge in [-0.1, -0.05) is 0 Å². The molecule has 5 atom stereocenters. The topological polar surface area (TPSA) is 133 Å². The Morgan fingerprint density at radius 2 is 2.00 bits per heavy atom. The summed E-state index contributed by atoms with van der Waals surface area (Å²) in [4.78, 5) is 11.2. The van der Waals surface area contributed by atoms with Gasteiger partial charge in [0.1, 0.15) is 18.3 Å². The number of carbonyl (C=O) groups excluding carboxylic acids is 1. The summed E-state index contributed by atoms with van der Waals surface area (Å²) in [5.41, 5.74) is 3.42. The van der Waals surface area contributed by atoms with E-state index < -0.39 is 42.5 Å². The number of hydrogen-bond donors (Lipinski definition) is 5. The monoisotopic (exact) mass is 221 g/mol. The molecule has 7 nitrogen and oxygen atoms in total. The molecule has 0 bridgehead atoms. The molecule has 6 N–H and O–H groups in total. The third-order valence-electron chi connectivity index (χ3n) is 2.70. The number of hydrogen-bond acceptors (Lipinski definition) is 7. The first-order chi connectivity index (χ1) is 6.85. The van der Waals surface area contributed by atoms with E-state index >= 15 is 0 Å². The minimum Gasteiger partial charge on any atom is -0.394 e. The van der Waals surface area contributed by atoms with Gasteiger partial charge in [0, 0.05) is 0 Å². The molecule has 15 heavy (non-hydrogen) atoms. The molecular weight excluding hydrogens is 206 g/mol. The number of ketones is 1. The van der Waals surface area contributed by atoms with Crippen LogP contribution in [0.4, 0.5) is 0 Å². The van der Waals surface area contributed by atoms with E-state index in [9.17, 15) is 20.1 Å². The fourth-order valence-electron chi connectivity index (χ4n) is 1.52. The first-order valence-corrected chi connectivity index (χ1v) is 4.46. The van der Waals surface area contributed by atoms with E-state index in [0.29, 0.717) is 0 Å². The normalized spacial score (nSPS) is 46.5. The lowest BCUT2D eigenvalue weighted by atomic mass is 9.81. The molecular formula is C8H15NO6. The number of rotatable bonds is 2. The third kappa shape index (κ3) is 1.78. The van der Waals surface area contributed by atoms with Crippen molar-refractivity contribution in [2.24, 2.45) is 5.73 Å². The van der Waals surface area contributed by atoms with Gasteiger partial charge in [-0.25, -0.2) is 0 Å². The summed E-state index contributed by atoms with van der Waals surface area (Å²) in [7, 11) is 0. The molecule has 0 saturated carbocycles. The van der Waals surface area contributed by atoms with Crippen LogP contribution in [-0.2, 0) is 9.53 Å². The second kappa shape index (κ2) is 4.12. The van der Waals surface area contributed by atoms with Crippen molar-refractivity contribution in [1.29, 1.82) is 0 Å². The van der Waals surface area contributed by atoms with Crippen molar-refractivity contribution in [3.05, 3.63) is 0 Å². The number of aliphatic hydroxyl groups excluding tert-OH is 4. The number of carbonyl (C=O) groups is 1. The van der Waals surface area contributed by atoms with E-state index in [0.717, 1.165) is 6.92 Å². The van der Waals surface area contributed by atoms with E-state index in [1.165, 1.54) is 0 Å². The largest absolute Gasteiger partial charge is 0.394 e. The van der Waals surface area contributed by atoms with Crippen LogP contribution >= 0.6 is 0 Å². The molecule has 1 saturated heterocycles. The van der Waals surface area contributed by atoms with Crippen LogP contribution in [0, 0.1) is 0 Å². The molecule has 7 heteroatoms. The lowest BCUT2D eigenvalue weighted by Gasteiger charge is -2.45. The molecule has 1 aliphatic heterocycles. The van der Waals surface area contributed by atoms with Crippen LogP contribution in [0.5, 0.6) is 0 Å². The summed E-state index contributed by atoms with van der Waals surface area (Å²) in [6.45, 7) is 0.477. The summed E-state index contributed by atoms with van der Waals surface area (Å²) in [5, 5.41) is 37.3. The highest BCUT2D eigenvalue weighted by atomic mass is 16.6. The van der Waals surface area contributed by atoms with Crippen LogP contribution in [0.2, 0.25) is 0 Å². The third-order valence-corrected chi connectivity index (χ3v) is 2.70. The van der Waals surface area contributed by atoms with Gasteiger partial charge in [0.25, 0.3) is 0 Å². The standard InChI is InChI=1S/C8H15NO6/c1-3(11)8(9)6(13)5(12)4(2-10)15-7(8)14/h4-7,10,12-14H,2,9H2,1H3/t4-,5-,6+,7-,8-/m1/s1. The van der Waals surface area contributed by atoms with Crippen molar-refractivity contribution in [3.63, 3.8) is 0 Å². The molecule has 0 unspecified atom stereocenters. The van der Waals surface area contributed by atoms with Crippen molar-refractivity contribution in [2.45, 2.75) is 37.1 Å². The van der Waals surface area contributed by atoms with Crippen LogP contribution in [0.15, 0.2) is 0 Å². The maximum Gasteiger partial charge on any atom is 0.183 e. The average molecular weight is 221 g/mol. The zero-order chi connectivity index (χ0) is 11.8. The fraction of sp³-hybridized carbons (Fsp3) is 0.875. The van der Waals surface area contributed by atoms with Crippen LogP contribution in [0.3, 0.4) is 0 Å². The van der Waals surface area contributed by atoms with Gasteiger partial charge in [-0.3, -0.25) is 4.79 Å². The smallest absolute Gasteiger partial charge is 0.183 e. The van der Waals surface area contributed by atoms with Crippen LogP contribution < -0.4 is 5.73 Å². The van der Waals surface area contributed by atoms with Crippen molar-refractivity contribution in [2.75, 3.05) is 6.61 Å². The Hall–Kier alpha value is -0.570. The number of nitrogens with two attached hydrogens (primary N) is 1. The Bertz CT molecular complexity index is 260. The van der Waals surface area contributed by atoms with Crippen molar-refractivity contribution in [3.8, 4) is 0 Å². The van der Waals surface area contributed by atoms with Gasteiger partial charge >= 0.3 is 0 Å². The molecule has 0 amide bonds. The summed E-state index contributed by atoms with van der Waals surface area (Å²) in [5.74, 6) is -0.710. The number of Topliss-reactive ketones (excluding diaryl/α,β-unsaturated/α-hetero) is 1. The second-order valence-electron chi connectivity index (χ2n) is 3.63. The lowest BCUT2D eigenvalue weighted by molar-refractivity contribution is -0.270. The lowest BCUT2D eigenvalue weighted by Crippen LogP contribution is -2.73. The Morgan fingerprint density at radius 1 is 1.47 bits per heavy atom. The first-order valence-electron chi connectivity index (χ1n) is 4.46. The quantitative estimate of drug-likeness (QED) is 0.330. The first kappa shape index (κ1) is 12.5. The molecule has 0 aliphatic carbocycles. The average Bonchev–Trinajstić information content (AvgIpc) is 2.20. The van der Waals surface area contributed by atoms with Crippen LogP contribution in [0.25, 0.3) is 0 Å². The van der Waals surface area contributed by atoms with Gasteiger partial charge in [0.15, 0.2) is 17.6 Å². The minimum atomic E-state index is -2.06. The highest BCUT2D eigenvalue weighted by molar-refractivity contribution is 5.87. The van der Waals surface area contributed by atoms with Gasteiger partial charge in [-0.2, -0.15) is 0 Å². The highest BCUT2D eigenvalue weighted by Crippen LogP contribution is 2.27. The molecule has 1 aliphatic rings. The molecule has 1 heterocycles. The van der Waals surface area contributed by atoms with Crippen molar-refractivity contribution in [1.82, 2.24) is 0 Å². The predicted octanol–water partition coefficient (Wildman–Crippen LogP) is -3.30. The number of ether oxygens (including phenoxy) is 1. The molecule has 0 aromatic rings. The Morgan fingerprint density at radius 3 is 2.40 bits per heavy atom. The van der Waals surface area contributed by atoms with Gasteiger partial charge in [-0.05, 0) is 6.92 Å². The van der Waals surface area contributed by atoms with Gasteiger partial charge in [-0.15, -0.1) is 0 Å². The molecule has 0 radical (unpaired) electrons. The molecule has 0 spiro atoms. The zero-order valence-corrected chi connectivity index (χ0v) is 8.20. The second-order valence-corrected chi connectivity index (χ2v) is 3.63. The summed E-state index contributed by atoms with van der Waals surface area (Å²) in [6, 6.07) is 0. The van der Waals surface area contributed by atoms with Gasteiger partial charge in [0.2, 0.25) is 0 Å². The summed E-state index contributed by atoms with van der Waals surface area (Å²) < 4.78 is 4.74. The predicted molar refractivity (Wildman–Crippen MR) is 47.6 cm³/mol. The fourth-order valence-corrected chi connectivity index (χ4v) is 1.52. The van der Waals surface area contributed by atoms with Gasteiger partial charge in [0.05, 0.1) is 6.61 Å². The SMILES string of the molecule is CC(=O)[C@]1(N)[C@H](O)O[C@H](CO)[C@@H](O)[C@@H]1O. The van der Waals surface area contributed by atoms with Crippen molar-refractivity contribution >= 4 is 5.78 Å². The minimum absolute atomic E-state index is 0.594. The molecule has 88 valence electrons. The van der Waals surface area contributed by atoms with Crippen molar-refractivity contribution < 1.29 is 30.0 Å². The molecule has 0 aromatic carbocycles. The summed E-state index contributed by atoms with van der Waals surface area (Å²) in [6.07, 6.45) is -6.13. The van der Waals surface area contributed by atoms with E-state index in [1.807, 2.05) is 0 Å². The summed E-state index contributed by atoms with van der Waals surface area (Å²) >= 11 is 0. The maximum atomic E-state index is 11.2. The Kier molecular flexibility index (Phi) is 3.44.